The molecule has 12 nitrogen and oxygen atoms in total. The second kappa shape index (κ2) is 13.9. The number of carbonyl (C=O) groups is 4. The van der Waals surface area contributed by atoms with Crippen molar-refractivity contribution in [2.75, 3.05) is 24.6 Å². The first-order chi connectivity index (χ1) is 13.1. The SMILES string of the molecule is NC(N)=NCCCC(N)C(=O)NCC(=O)NC(CS)C(=O)NC(CS)C(=O)O. The Morgan fingerprint density at radius 2 is 1.61 bits per heavy atom. The molecule has 0 spiro atoms. The van der Waals surface area contributed by atoms with E-state index in [4.69, 9.17) is 22.3 Å². The van der Waals surface area contributed by atoms with Crippen molar-refractivity contribution in [3.63, 3.8) is 0 Å². The van der Waals surface area contributed by atoms with Crippen LogP contribution in [-0.2, 0) is 19.2 Å². The van der Waals surface area contributed by atoms with Crippen molar-refractivity contribution in [3.8, 4) is 0 Å². The Bertz CT molecular complexity index is 586. The number of nitrogens with zero attached hydrogens (tertiary/aromatic N) is 1. The van der Waals surface area contributed by atoms with Crippen LogP contribution in [0.3, 0.4) is 0 Å². The lowest BCUT2D eigenvalue weighted by Gasteiger charge is -2.19. The average molecular weight is 438 g/mol. The molecule has 0 saturated heterocycles. The zero-order valence-corrected chi connectivity index (χ0v) is 16.9. The number of carbonyl (C=O) groups excluding carboxylic acids is 3. The second-order valence-corrected chi connectivity index (χ2v) is 6.39. The van der Waals surface area contributed by atoms with Crippen molar-refractivity contribution in [3.05, 3.63) is 0 Å². The van der Waals surface area contributed by atoms with Gasteiger partial charge in [-0.1, -0.05) is 0 Å². The number of rotatable bonds is 13. The maximum Gasteiger partial charge on any atom is 0.327 e. The van der Waals surface area contributed by atoms with Gasteiger partial charge in [0.2, 0.25) is 17.7 Å². The number of hydrogen-bond acceptors (Lipinski definition) is 8. The molecule has 0 heterocycles. The highest BCUT2D eigenvalue weighted by atomic mass is 32.1. The number of aliphatic imine (C=N–C) groups is 1. The molecule has 3 amide bonds. The summed E-state index contributed by atoms with van der Waals surface area (Å²) in [7, 11) is 0. The Balaban J connectivity index is 4.38. The molecule has 3 unspecified atom stereocenters. The fraction of sp³-hybridized carbons (Fsp3) is 0.643. The highest BCUT2D eigenvalue weighted by Crippen LogP contribution is 1.96. The van der Waals surface area contributed by atoms with Gasteiger partial charge in [0.1, 0.15) is 12.1 Å². The van der Waals surface area contributed by atoms with Gasteiger partial charge in [0.15, 0.2) is 5.96 Å². The first kappa shape index (κ1) is 25.8. The van der Waals surface area contributed by atoms with E-state index in [-0.39, 0.29) is 17.5 Å². The van der Waals surface area contributed by atoms with Crippen LogP contribution in [0.5, 0.6) is 0 Å². The quantitative estimate of drug-likeness (QED) is 0.0605. The van der Waals surface area contributed by atoms with E-state index in [0.717, 1.165) is 0 Å². The molecule has 160 valence electrons. The molecule has 0 saturated carbocycles. The van der Waals surface area contributed by atoms with Gasteiger partial charge in [0, 0.05) is 18.1 Å². The standard InChI is InChI=1S/C14H27N7O5S2/c15-7(2-1-3-18-14(16)17)11(23)19-4-10(22)20-8(5-27)12(24)21-9(6-28)13(25)26/h7-9,27-28H,1-6,15H2,(H,19,23)(H,20,22)(H,21,24)(H,25,26)(H4,16,17,18). The van der Waals surface area contributed by atoms with E-state index in [0.29, 0.717) is 19.4 Å². The smallest absolute Gasteiger partial charge is 0.327 e. The summed E-state index contributed by atoms with van der Waals surface area (Å²) in [5.41, 5.74) is 16.1. The molecular formula is C14H27N7O5S2. The minimum atomic E-state index is -1.26. The molecule has 10 N–H and O–H groups in total. The Hall–Kier alpha value is -2.19. The number of hydrogen-bond donors (Lipinski definition) is 9. The van der Waals surface area contributed by atoms with Crippen LogP contribution in [-0.4, -0.2) is 77.5 Å². The van der Waals surface area contributed by atoms with Crippen LogP contribution in [0.15, 0.2) is 4.99 Å². The number of nitrogens with one attached hydrogen (secondary N) is 3. The van der Waals surface area contributed by atoms with Crippen molar-refractivity contribution in [1.82, 2.24) is 16.0 Å². The van der Waals surface area contributed by atoms with E-state index in [1.165, 1.54) is 0 Å². The fourth-order valence-corrected chi connectivity index (χ4v) is 2.35. The predicted molar refractivity (Wildman–Crippen MR) is 110 cm³/mol. The minimum absolute atomic E-state index is 0.0541. The van der Waals surface area contributed by atoms with Gasteiger partial charge in [-0.2, -0.15) is 25.3 Å². The van der Waals surface area contributed by atoms with Crippen LogP contribution in [0.25, 0.3) is 0 Å². The number of guanidine groups is 1. The third-order valence-electron chi connectivity index (χ3n) is 3.36. The molecule has 0 radical (unpaired) electrons. The number of carboxylic acid groups (broad SMARTS) is 1. The molecule has 14 heteroatoms. The largest absolute Gasteiger partial charge is 0.480 e. The minimum Gasteiger partial charge on any atom is -0.480 e. The lowest BCUT2D eigenvalue weighted by molar-refractivity contribution is -0.141. The van der Waals surface area contributed by atoms with Crippen LogP contribution in [0.2, 0.25) is 0 Å². The van der Waals surface area contributed by atoms with E-state index >= 15 is 0 Å². The molecular weight excluding hydrogens is 410 g/mol. The molecule has 28 heavy (non-hydrogen) atoms. The summed E-state index contributed by atoms with van der Waals surface area (Å²) in [4.78, 5) is 50.5. The van der Waals surface area contributed by atoms with E-state index in [9.17, 15) is 19.2 Å². The summed E-state index contributed by atoms with van der Waals surface area (Å²) >= 11 is 7.79. The van der Waals surface area contributed by atoms with Crippen LogP contribution in [0.4, 0.5) is 0 Å². The van der Waals surface area contributed by atoms with Gasteiger partial charge >= 0.3 is 5.97 Å². The van der Waals surface area contributed by atoms with E-state index in [1.807, 2.05) is 0 Å². The Morgan fingerprint density at radius 1 is 1.00 bits per heavy atom. The van der Waals surface area contributed by atoms with Gasteiger partial charge in [0.05, 0.1) is 12.6 Å². The van der Waals surface area contributed by atoms with E-state index in [1.54, 1.807) is 0 Å². The molecule has 0 aliphatic rings. The summed E-state index contributed by atoms with van der Waals surface area (Å²) in [5, 5.41) is 15.8. The predicted octanol–water partition coefficient (Wildman–Crippen LogP) is -3.60. The number of amides is 3. The van der Waals surface area contributed by atoms with Crippen LogP contribution in [0.1, 0.15) is 12.8 Å². The van der Waals surface area contributed by atoms with E-state index < -0.39 is 48.4 Å². The Labute approximate surface area is 173 Å². The van der Waals surface area contributed by atoms with Crippen LogP contribution in [0, 0.1) is 0 Å². The molecule has 0 aromatic rings. The van der Waals surface area contributed by atoms with Crippen LogP contribution >= 0.6 is 25.3 Å². The van der Waals surface area contributed by atoms with Crippen molar-refractivity contribution >= 4 is 54.9 Å². The van der Waals surface area contributed by atoms with Gasteiger partial charge in [0.25, 0.3) is 0 Å². The summed E-state index contributed by atoms with van der Waals surface area (Å²) in [6.45, 7) is -0.0843. The highest BCUT2D eigenvalue weighted by molar-refractivity contribution is 7.80. The maximum atomic E-state index is 12.0. The van der Waals surface area contributed by atoms with Gasteiger partial charge in [-0.15, -0.1) is 0 Å². The highest BCUT2D eigenvalue weighted by Gasteiger charge is 2.25. The maximum absolute atomic E-state index is 12.0. The molecule has 0 fully saturated rings. The van der Waals surface area contributed by atoms with Crippen molar-refractivity contribution in [1.29, 1.82) is 0 Å². The van der Waals surface area contributed by atoms with Crippen LogP contribution < -0.4 is 33.2 Å². The number of aliphatic carboxylic acids is 1. The van der Waals surface area contributed by atoms with Gasteiger partial charge < -0.3 is 38.3 Å². The van der Waals surface area contributed by atoms with Crippen molar-refractivity contribution in [2.24, 2.45) is 22.2 Å². The first-order valence-electron chi connectivity index (χ1n) is 8.25. The molecule has 0 aliphatic heterocycles. The zero-order chi connectivity index (χ0) is 21.7. The lowest BCUT2D eigenvalue weighted by Crippen LogP contribution is -2.54. The number of carboxylic acids is 1. The normalized spacial score (nSPS) is 13.5. The Morgan fingerprint density at radius 3 is 2.11 bits per heavy atom. The second-order valence-electron chi connectivity index (χ2n) is 5.66. The van der Waals surface area contributed by atoms with Crippen molar-refractivity contribution < 1.29 is 24.3 Å². The third-order valence-corrected chi connectivity index (χ3v) is 4.09. The van der Waals surface area contributed by atoms with Gasteiger partial charge in [-0.05, 0) is 12.8 Å². The number of nitrogens with two attached hydrogens (primary N) is 3. The summed E-state index contributed by atoms with van der Waals surface area (Å²) < 4.78 is 0. The average Bonchev–Trinajstić information content (AvgIpc) is 2.64. The topological polar surface area (TPSA) is 215 Å². The molecule has 0 aromatic heterocycles. The summed E-state index contributed by atoms with van der Waals surface area (Å²) in [6.07, 6.45) is 0.794. The van der Waals surface area contributed by atoms with Crippen molar-refractivity contribution in [2.45, 2.75) is 31.0 Å². The lowest BCUT2D eigenvalue weighted by atomic mass is 10.1. The Kier molecular flexibility index (Phi) is 12.8. The number of thiol groups is 2. The third kappa shape index (κ3) is 10.8. The molecule has 0 aliphatic carbocycles. The first-order valence-corrected chi connectivity index (χ1v) is 9.51. The molecule has 3 atom stereocenters. The molecule has 0 rings (SSSR count). The van der Waals surface area contributed by atoms with Gasteiger partial charge in [-0.3, -0.25) is 19.4 Å². The van der Waals surface area contributed by atoms with Gasteiger partial charge in [-0.25, -0.2) is 4.79 Å². The summed E-state index contributed by atoms with van der Waals surface area (Å²) in [6, 6.07) is -3.13. The van der Waals surface area contributed by atoms with E-state index in [2.05, 4.69) is 46.2 Å². The monoisotopic (exact) mass is 437 g/mol. The molecule has 0 bridgehead atoms. The fourth-order valence-electron chi connectivity index (χ4n) is 1.85. The zero-order valence-electron chi connectivity index (χ0n) is 15.1. The summed E-state index contributed by atoms with van der Waals surface area (Å²) in [5.74, 6) is -3.44. The molecule has 0 aromatic carbocycles.